The minimum absolute atomic E-state index is 0.551. The van der Waals surface area contributed by atoms with Crippen molar-refractivity contribution in [2.45, 2.75) is 78.1 Å². The topological polar surface area (TPSA) is 137 Å². The Kier molecular flexibility index (Phi) is 4.83. The Balaban J connectivity index is 2.01. The van der Waals surface area contributed by atoms with Crippen molar-refractivity contribution in [2.24, 2.45) is 10.8 Å². The minimum atomic E-state index is -1.94. The molecule has 2 fully saturated rings. The quantitative estimate of drug-likeness (QED) is 0.669. The fourth-order valence-electron chi connectivity index (χ4n) is 3.43. The second kappa shape index (κ2) is 6.52. The van der Waals surface area contributed by atoms with Gasteiger partial charge in [-0.1, -0.05) is 0 Å². The van der Waals surface area contributed by atoms with Crippen molar-refractivity contribution in [2.75, 3.05) is 0 Å². The van der Waals surface area contributed by atoms with Crippen molar-refractivity contribution >= 4 is 11.9 Å². The molecule has 1 saturated heterocycles. The Morgan fingerprint density at radius 2 is 1.70 bits per heavy atom. The molecule has 0 spiro atoms. The lowest BCUT2D eigenvalue weighted by Gasteiger charge is -2.36. The van der Waals surface area contributed by atoms with Gasteiger partial charge in [0, 0.05) is 12.3 Å². The summed E-state index contributed by atoms with van der Waals surface area (Å²) in [5.74, 6) is -1.18. The highest BCUT2D eigenvalue weighted by molar-refractivity contribution is 5.78. The van der Waals surface area contributed by atoms with Gasteiger partial charge in [-0.25, -0.2) is 4.79 Å². The van der Waals surface area contributed by atoms with Crippen molar-refractivity contribution < 1.29 is 28.9 Å². The Labute approximate surface area is 173 Å². The standard InChI is InChI=1S/C20H28N2O8/c1-17(2,3)14(24)29-12-11-20(12,30-15(25)18(4,5)6)19(7,27)13(28-11)22-9-8-10(23)21-16(22)26/h8-9,11-13,27H,1-7H3,(H,21,23,26)/t11-,12?,13-,19-,20?/m1/s1. The maximum Gasteiger partial charge on any atom is 0.330 e. The average Bonchev–Trinajstić information content (AvgIpc) is 3.10. The number of esters is 2. The lowest BCUT2D eigenvalue weighted by atomic mass is 9.92. The lowest BCUT2D eigenvalue weighted by Crippen LogP contribution is -2.54. The number of hydrogen-bond acceptors (Lipinski definition) is 8. The number of aromatic nitrogens is 2. The van der Waals surface area contributed by atoms with E-state index in [0.717, 1.165) is 10.6 Å². The number of ether oxygens (including phenoxy) is 3. The van der Waals surface area contributed by atoms with Crippen LogP contribution in [-0.2, 0) is 23.8 Å². The Hall–Kier alpha value is -2.46. The number of nitrogens with one attached hydrogen (secondary N) is 1. The lowest BCUT2D eigenvalue weighted by molar-refractivity contribution is -0.202. The van der Waals surface area contributed by atoms with Gasteiger partial charge in [-0.2, -0.15) is 0 Å². The van der Waals surface area contributed by atoms with E-state index in [9.17, 15) is 24.3 Å². The highest BCUT2D eigenvalue weighted by Gasteiger charge is 2.88. The van der Waals surface area contributed by atoms with E-state index in [-0.39, 0.29) is 0 Å². The van der Waals surface area contributed by atoms with Gasteiger partial charge >= 0.3 is 17.6 Å². The maximum absolute atomic E-state index is 12.7. The highest BCUT2D eigenvalue weighted by Crippen LogP contribution is 2.63. The normalized spacial score (nSPS) is 33.0. The number of nitrogens with zero attached hydrogens (tertiary/aromatic N) is 1. The van der Waals surface area contributed by atoms with E-state index in [4.69, 9.17) is 14.2 Å². The monoisotopic (exact) mass is 424 g/mol. The number of H-pyrrole nitrogens is 1. The zero-order chi connectivity index (χ0) is 22.9. The van der Waals surface area contributed by atoms with E-state index in [2.05, 4.69) is 4.98 Å². The Bertz CT molecular complexity index is 994. The Morgan fingerprint density at radius 3 is 2.20 bits per heavy atom. The van der Waals surface area contributed by atoms with E-state index in [1.54, 1.807) is 41.5 Å². The van der Waals surface area contributed by atoms with Gasteiger partial charge in [0.15, 0.2) is 17.9 Å². The van der Waals surface area contributed by atoms with E-state index < -0.39 is 63.7 Å². The summed E-state index contributed by atoms with van der Waals surface area (Å²) < 4.78 is 18.1. The fourth-order valence-corrected chi connectivity index (χ4v) is 3.43. The molecule has 166 valence electrons. The van der Waals surface area contributed by atoms with Crippen molar-refractivity contribution in [3.05, 3.63) is 33.1 Å². The molecule has 2 unspecified atom stereocenters. The van der Waals surface area contributed by atoms with Crippen LogP contribution in [0.3, 0.4) is 0 Å². The van der Waals surface area contributed by atoms with Gasteiger partial charge in [-0.3, -0.25) is 23.9 Å². The zero-order valence-corrected chi connectivity index (χ0v) is 18.1. The summed E-state index contributed by atoms with van der Waals surface area (Å²) in [6.45, 7) is 11.3. The van der Waals surface area contributed by atoms with Gasteiger partial charge in [-0.15, -0.1) is 0 Å². The van der Waals surface area contributed by atoms with Crippen LogP contribution in [0.1, 0.15) is 54.7 Å². The molecule has 10 nitrogen and oxygen atoms in total. The molecule has 3 rings (SSSR count). The van der Waals surface area contributed by atoms with Crippen LogP contribution < -0.4 is 11.2 Å². The predicted octanol–water partition coefficient (Wildman–Crippen LogP) is 0.485. The number of aromatic amines is 1. The van der Waals surface area contributed by atoms with Crippen LogP contribution in [0.15, 0.2) is 21.9 Å². The van der Waals surface area contributed by atoms with Gasteiger partial charge < -0.3 is 19.3 Å². The summed E-state index contributed by atoms with van der Waals surface area (Å²) in [6.07, 6.45) is -2.11. The Morgan fingerprint density at radius 1 is 1.13 bits per heavy atom. The van der Waals surface area contributed by atoms with Crippen LogP contribution >= 0.6 is 0 Å². The molecule has 30 heavy (non-hydrogen) atoms. The maximum atomic E-state index is 12.7. The highest BCUT2D eigenvalue weighted by atomic mass is 16.7. The molecule has 2 N–H and O–H groups in total. The molecular formula is C20H28N2O8. The third-order valence-electron chi connectivity index (χ3n) is 5.38. The number of carbonyl (C=O) groups is 2. The molecule has 0 bridgehead atoms. The summed E-state index contributed by atoms with van der Waals surface area (Å²) in [6, 6.07) is 1.11. The van der Waals surface area contributed by atoms with Gasteiger partial charge in [0.05, 0.1) is 10.8 Å². The summed E-state index contributed by atoms with van der Waals surface area (Å²) in [4.78, 5) is 50.8. The van der Waals surface area contributed by atoms with Crippen molar-refractivity contribution in [1.29, 1.82) is 0 Å². The molecule has 5 atom stereocenters. The first kappa shape index (κ1) is 22.2. The van der Waals surface area contributed by atoms with Crippen LogP contribution in [0.4, 0.5) is 0 Å². The number of carbonyl (C=O) groups excluding carboxylic acids is 2. The van der Waals surface area contributed by atoms with Crippen molar-refractivity contribution in [1.82, 2.24) is 9.55 Å². The molecular weight excluding hydrogens is 396 g/mol. The van der Waals surface area contributed by atoms with Crippen LogP contribution in [0.2, 0.25) is 0 Å². The first-order valence-electron chi connectivity index (χ1n) is 9.67. The average molecular weight is 424 g/mol. The molecule has 1 saturated carbocycles. The van der Waals surface area contributed by atoms with Crippen LogP contribution in [0, 0.1) is 10.8 Å². The largest absolute Gasteiger partial charge is 0.454 e. The molecule has 2 heterocycles. The van der Waals surface area contributed by atoms with Crippen molar-refractivity contribution in [3.63, 3.8) is 0 Å². The fraction of sp³-hybridized carbons (Fsp3) is 0.700. The van der Waals surface area contributed by atoms with Crippen LogP contribution in [-0.4, -0.2) is 50.0 Å². The molecule has 10 heteroatoms. The second-order valence-corrected chi connectivity index (χ2v) is 10.1. The molecule has 1 aliphatic carbocycles. The zero-order valence-electron chi connectivity index (χ0n) is 18.1. The predicted molar refractivity (Wildman–Crippen MR) is 103 cm³/mol. The van der Waals surface area contributed by atoms with Crippen molar-refractivity contribution in [3.8, 4) is 0 Å². The number of rotatable bonds is 3. The molecule has 0 radical (unpaired) electrons. The van der Waals surface area contributed by atoms with E-state index in [1.165, 1.54) is 13.1 Å². The van der Waals surface area contributed by atoms with Gasteiger partial charge in [0.25, 0.3) is 5.56 Å². The third-order valence-corrected chi connectivity index (χ3v) is 5.38. The van der Waals surface area contributed by atoms with E-state index >= 15 is 0 Å². The van der Waals surface area contributed by atoms with Gasteiger partial charge in [0.1, 0.15) is 6.10 Å². The summed E-state index contributed by atoms with van der Waals surface area (Å²) in [5.41, 5.74) is -6.77. The molecule has 2 aliphatic rings. The molecule has 1 aliphatic heterocycles. The molecule has 0 aromatic carbocycles. The number of aliphatic hydroxyl groups is 1. The van der Waals surface area contributed by atoms with Crippen LogP contribution in [0.5, 0.6) is 0 Å². The first-order chi connectivity index (χ1) is 13.5. The van der Waals surface area contributed by atoms with E-state index in [0.29, 0.717) is 0 Å². The van der Waals surface area contributed by atoms with Gasteiger partial charge in [-0.05, 0) is 48.5 Å². The summed E-state index contributed by atoms with van der Waals surface area (Å²) in [7, 11) is 0. The number of hydrogen-bond donors (Lipinski definition) is 2. The summed E-state index contributed by atoms with van der Waals surface area (Å²) in [5, 5.41) is 11.4. The second-order valence-electron chi connectivity index (χ2n) is 10.1. The minimum Gasteiger partial charge on any atom is -0.454 e. The molecule has 1 aromatic heterocycles. The SMILES string of the molecule is CC(C)(C)C(=O)OC1[C@H]2O[C@@H](n3ccc(=O)[nH]c3=O)[C@@](C)(O)C12OC(=O)C(C)(C)C. The summed E-state index contributed by atoms with van der Waals surface area (Å²) >= 11 is 0. The first-order valence-corrected chi connectivity index (χ1v) is 9.67. The van der Waals surface area contributed by atoms with Gasteiger partial charge in [0.2, 0.25) is 5.60 Å². The molecule has 1 aromatic rings. The third kappa shape index (κ3) is 3.27. The van der Waals surface area contributed by atoms with Crippen LogP contribution in [0.25, 0.3) is 0 Å². The van der Waals surface area contributed by atoms with E-state index in [1.807, 2.05) is 0 Å². The number of fused-ring (bicyclic) bond motifs is 1. The molecule has 0 amide bonds. The smallest absolute Gasteiger partial charge is 0.330 e.